The minimum atomic E-state index is -3.01. The van der Waals surface area contributed by atoms with Crippen LogP contribution >= 0.6 is 7.37 Å². The fourth-order valence-electron chi connectivity index (χ4n) is 4.06. The Labute approximate surface area is 359 Å². The van der Waals surface area contributed by atoms with E-state index < -0.39 is 39.2 Å². The van der Waals surface area contributed by atoms with E-state index in [1.165, 1.54) is 6.92 Å². The van der Waals surface area contributed by atoms with Crippen LogP contribution in [0.3, 0.4) is 0 Å². The van der Waals surface area contributed by atoms with Crippen molar-refractivity contribution in [2.24, 2.45) is 10.8 Å². The molecule has 0 saturated carbocycles. The number of ketones is 1. The van der Waals surface area contributed by atoms with E-state index in [2.05, 4.69) is 18.7 Å². The number of hydrogen-bond acceptors (Lipinski definition) is 12. The van der Waals surface area contributed by atoms with Crippen LogP contribution in [0.1, 0.15) is 41.5 Å². The van der Waals surface area contributed by atoms with Crippen molar-refractivity contribution in [2.75, 3.05) is 60.0 Å². The average molecular weight is 723 g/mol. The third-order valence-electron chi connectivity index (χ3n) is 7.23. The molecule has 2 aromatic carbocycles. The molecule has 1 aliphatic rings. The number of para-hydroxylation sites is 1. The molecule has 2 aromatic rings. The van der Waals surface area contributed by atoms with Crippen LogP contribution in [0.25, 0.3) is 11.1 Å². The molecule has 4 N–H and O–H groups in total. The van der Waals surface area contributed by atoms with Crippen molar-refractivity contribution >= 4 is 24.9 Å². The van der Waals surface area contributed by atoms with Crippen LogP contribution in [-0.2, 0) is 28.5 Å². The molecule has 0 fully saturated rings. The van der Waals surface area contributed by atoms with E-state index >= 15 is 0 Å². The van der Waals surface area contributed by atoms with Gasteiger partial charge in [-0.3, -0.25) is 9.36 Å². The smallest absolute Gasteiger partial charge is 1.00 e. The van der Waals surface area contributed by atoms with Crippen molar-refractivity contribution in [1.29, 1.82) is 0 Å². The van der Waals surface area contributed by atoms with Crippen molar-refractivity contribution < 1.29 is 163 Å². The van der Waals surface area contributed by atoms with E-state index in [1.54, 1.807) is 14.2 Å². The summed E-state index contributed by atoms with van der Waals surface area (Å²) in [5.74, 6) is 0.665. The number of fused-ring (bicyclic) bond motifs is 3. The molecule has 1 heterocycles. The number of aliphatic hydroxyl groups excluding tert-OH is 4. The Hall–Kier alpha value is 0.603. The monoisotopic (exact) mass is 722 g/mol. The first kappa shape index (κ1) is 51.0. The fraction of sp³-hybridized carbons (Fsp3) is 0.548. The number of carbonyl (C=O) groups excluding carboxylic acids is 2. The summed E-state index contributed by atoms with van der Waals surface area (Å²) in [6, 6.07) is 15.2. The zero-order chi connectivity index (χ0) is 33.7. The Kier molecular flexibility index (Phi) is 31.4. The molecule has 3 rings (SSSR count). The van der Waals surface area contributed by atoms with Gasteiger partial charge in [-0.05, 0) is 37.5 Å². The van der Waals surface area contributed by atoms with Gasteiger partial charge in [-0.15, -0.1) is 0 Å². The van der Waals surface area contributed by atoms with Gasteiger partial charge in [0, 0.05) is 37.8 Å². The molecule has 0 radical (unpaired) electrons. The summed E-state index contributed by atoms with van der Waals surface area (Å²) in [4.78, 5) is 22.5. The van der Waals surface area contributed by atoms with Crippen LogP contribution in [0.15, 0.2) is 48.5 Å². The molecular formula is C31H49K2O12P. The quantitative estimate of drug-likeness (QED) is 0.0490. The summed E-state index contributed by atoms with van der Waals surface area (Å²) in [6.45, 7) is 5.67. The Morgan fingerprint density at radius 1 is 0.870 bits per heavy atom. The van der Waals surface area contributed by atoms with E-state index in [0.29, 0.717) is 5.75 Å². The van der Waals surface area contributed by atoms with E-state index in [4.69, 9.17) is 44.5 Å². The molecule has 1 atom stereocenters. The minimum Gasteiger partial charge on any atom is -1.00 e. The summed E-state index contributed by atoms with van der Waals surface area (Å²) in [7, 11) is 0.481. The second-order valence-corrected chi connectivity index (χ2v) is 12.8. The largest absolute Gasteiger partial charge is 1.00 e. The molecule has 46 heavy (non-hydrogen) atoms. The van der Waals surface area contributed by atoms with Crippen molar-refractivity contribution in [1.82, 2.24) is 0 Å². The molecular weight excluding hydrogens is 673 g/mol. The van der Waals surface area contributed by atoms with Gasteiger partial charge < -0.3 is 50.8 Å². The molecule has 252 valence electrons. The normalized spacial score (nSPS) is 14.2. The topological polar surface area (TPSA) is 192 Å². The van der Waals surface area contributed by atoms with Crippen LogP contribution in [0, 0.1) is 10.8 Å². The second-order valence-electron chi connectivity index (χ2n) is 10.4. The minimum absolute atomic E-state index is 0. The van der Waals surface area contributed by atoms with Gasteiger partial charge in [0.15, 0.2) is 0 Å². The summed E-state index contributed by atoms with van der Waals surface area (Å²) in [5, 5.41) is 43.1. The van der Waals surface area contributed by atoms with Crippen molar-refractivity contribution in [2.45, 2.75) is 40.0 Å². The summed E-state index contributed by atoms with van der Waals surface area (Å²) in [6.07, 6.45) is 2.76. The number of hydrogen-bond donors (Lipinski definition) is 4. The maximum absolute atomic E-state index is 13.1. The molecule has 1 unspecified atom stereocenters. The Morgan fingerprint density at radius 3 is 1.67 bits per heavy atom. The summed E-state index contributed by atoms with van der Waals surface area (Å²) < 4.78 is 29.3. The van der Waals surface area contributed by atoms with E-state index in [0.717, 1.165) is 42.5 Å². The molecule has 12 nitrogen and oxygen atoms in total. The zero-order valence-electron chi connectivity index (χ0n) is 29.3. The average Bonchev–Trinajstić information content (AvgIpc) is 3.06. The molecule has 1 aliphatic heterocycles. The number of ether oxygens (including phenoxy) is 2. The second kappa shape index (κ2) is 28.3. The first-order valence-electron chi connectivity index (χ1n) is 14.1. The van der Waals surface area contributed by atoms with Gasteiger partial charge in [-0.25, -0.2) is 0 Å². The summed E-state index contributed by atoms with van der Waals surface area (Å²) in [5.41, 5.74) is 1.03. The SMILES string of the molecule is CC(=O)CCP1(=O)Oc2ccccc2-c2ccccc21.CCC(CC)(COC)COC.O=CO[O-].OCC(CO)(CO)CO.[H-].[K+].[K+]. The van der Waals surface area contributed by atoms with Crippen LogP contribution in [-0.4, -0.2) is 92.7 Å². The number of methoxy groups -OCH3 is 2. The molecule has 15 heteroatoms. The third-order valence-corrected chi connectivity index (χ3v) is 9.66. The van der Waals surface area contributed by atoms with Gasteiger partial charge in [-0.1, -0.05) is 50.2 Å². The standard InChI is InChI=1S/C16H15O3P.C9H20O2.C5H12O4.CH2O3.2K.H/c1-12(17)10-11-20(18)16-9-5-3-7-14(16)13-6-2-4-8-15(13)19-20;1-5-9(6-2,7-10-3)8-11-4;6-1-5(2-7,3-8)4-9;2-1-4-3;;;/h2-9H,10-11H2,1H3;5-8H2,1-4H3;6-9H,1-4H2;1,3H;;;/q;;;;2*+1;-1/p-1. The van der Waals surface area contributed by atoms with Crippen molar-refractivity contribution in [3.05, 3.63) is 48.5 Å². The summed E-state index contributed by atoms with van der Waals surface area (Å²) >= 11 is 0. The molecule has 0 spiro atoms. The number of aliphatic hydroxyl groups is 4. The van der Waals surface area contributed by atoms with E-state index in [-0.39, 0.29) is 134 Å². The van der Waals surface area contributed by atoms with Crippen molar-refractivity contribution in [3.8, 4) is 16.9 Å². The van der Waals surface area contributed by atoms with Crippen LogP contribution in [0.4, 0.5) is 0 Å². The van der Waals surface area contributed by atoms with Crippen LogP contribution in [0.2, 0.25) is 0 Å². The van der Waals surface area contributed by atoms with E-state index in [1.807, 2.05) is 48.5 Å². The maximum atomic E-state index is 13.1. The molecule has 0 amide bonds. The van der Waals surface area contributed by atoms with Crippen LogP contribution in [0.5, 0.6) is 5.75 Å². The van der Waals surface area contributed by atoms with Gasteiger partial charge in [0.1, 0.15) is 11.5 Å². The Morgan fingerprint density at radius 2 is 1.30 bits per heavy atom. The van der Waals surface area contributed by atoms with E-state index in [9.17, 15) is 9.36 Å². The third kappa shape index (κ3) is 17.0. The number of carbonyl (C=O) groups is 2. The van der Waals surface area contributed by atoms with Gasteiger partial charge in [0.05, 0.1) is 50.4 Å². The molecule has 0 aliphatic carbocycles. The fourth-order valence-corrected chi connectivity index (χ4v) is 6.45. The number of benzene rings is 2. The number of rotatable bonds is 14. The van der Waals surface area contributed by atoms with Gasteiger partial charge in [0.25, 0.3) is 13.8 Å². The predicted octanol–water partition coefficient (Wildman–Crippen LogP) is -3.79. The number of Topliss-reactive ketones (excluding diaryl/α,β-unsaturated/α-hetero) is 1. The maximum Gasteiger partial charge on any atom is 1.00 e. The van der Waals surface area contributed by atoms with Crippen molar-refractivity contribution in [3.63, 3.8) is 0 Å². The van der Waals surface area contributed by atoms with Gasteiger partial charge in [0.2, 0.25) is 0 Å². The Balaban J connectivity index is -0.000000295. The molecule has 0 bridgehead atoms. The molecule has 0 aromatic heterocycles. The van der Waals surface area contributed by atoms with Crippen LogP contribution < -0.4 is 118 Å². The van der Waals surface area contributed by atoms with Gasteiger partial charge >= 0.3 is 103 Å². The predicted molar refractivity (Wildman–Crippen MR) is 166 cm³/mol. The van der Waals surface area contributed by atoms with Gasteiger partial charge in [-0.2, -0.15) is 0 Å². The molecule has 0 saturated heterocycles. The first-order chi connectivity index (χ1) is 21.0. The Bertz CT molecular complexity index is 1130. The first-order valence-corrected chi connectivity index (χ1v) is 15.9. The zero-order valence-corrected chi connectivity index (χ0v) is 35.4.